The third kappa shape index (κ3) is 2.68. The zero-order chi connectivity index (χ0) is 14.8. The zero-order valence-corrected chi connectivity index (χ0v) is 12.1. The summed E-state index contributed by atoms with van der Waals surface area (Å²) in [6.45, 7) is 1.90. The Bertz CT molecular complexity index is 797. The summed E-state index contributed by atoms with van der Waals surface area (Å²) in [5, 5.41) is 9.99. The quantitative estimate of drug-likeness (QED) is 0.796. The molecule has 0 fully saturated rings. The number of rotatable bonds is 3. The van der Waals surface area contributed by atoms with Crippen LogP contribution in [0.25, 0.3) is 21.1 Å². The summed E-state index contributed by atoms with van der Waals surface area (Å²) in [4.78, 5) is 20.7. The highest BCUT2D eigenvalue weighted by Gasteiger charge is 2.19. The summed E-state index contributed by atoms with van der Waals surface area (Å²) in [7, 11) is 0. The second-order valence-electron chi connectivity index (χ2n) is 4.53. The molecule has 1 aromatic carbocycles. The van der Waals surface area contributed by atoms with Gasteiger partial charge in [-0.25, -0.2) is 9.78 Å². The molecular weight excluding hydrogens is 284 g/mol. The Kier molecular flexibility index (Phi) is 3.50. The molecule has 0 saturated carbocycles. The number of carboxylic acid groups (broad SMARTS) is 1. The van der Waals surface area contributed by atoms with Crippen LogP contribution < -0.4 is 0 Å². The number of pyridine rings is 1. The first kappa shape index (κ1) is 13.5. The van der Waals surface area contributed by atoms with Gasteiger partial charge in [0.2, 0.25) is 0 Å². The third-order valence-electron chi connectivity index (χ3n) is 2.97. The number of benzene rings is 1. The number of carboxylic acids is 1. The van der Waals surface area contributed by atoms with Gasteiger partial charge < -0.3 is 5.11 Å². The van der Waals surface area contributed by atoms with Crippen molar-refractivity contribution in [2.45, 2.75) is 6.92 Å². The van der Waals surface area contributed by atoms with E-state index in [1.54, 1.807) is 0 Å². The van der Waals surface area contributed by atoms with Gasteiger partial charge in [-0.2, -0.15) is 0 Å². The van der Waals surface area contributed by atoms with Gasteiger partial charge in [-0.05, 0) is 24.6 Å². The number of nitrogens with zero attached hydrogens (tertiary/aromatic N) is 2. The van der Waals surface area contributed by atoms with E-state index in [1.807, 2.05) is 55.5 Å². The Balaban J connectivity index is 2.15. The molecule has 5 heteroatoms. The fourth-order valence-corrected chi connectivity index (χ4v) is 3.05. The van der Waals surface area contributed by atoms with Gasteiger partial charge in [-0.15, -0.1) is 11.3 Å². The molecule has 3 aromatic rings. The van der Waals surface area contributed by atoms with Crippen molar-refractivity contribution in [1.29, 1.82) is 0 Å². The molecule has 2 aromatic heterocycles. The predicted octanol–water partition coefficient (Wildman–Crippen LogP) is 3.88. The molecule has 0 aliphatic rings. The van der Waals surface area contributed by atoms with Crippen LogP contribution in [0.3, 0.4) is 0 Å². The van der Waals surface area contributed by atoms with Gasteiger partial charge in [0.05, 0.1) is 10.6 Å². The predicted molar refractivity (Wildman–Crippen MR) is 82.5 cm³/mol. The average Bonchev–Trinajstić information content (AvgIpc) is 2.93. The van der Waals surface area contributed by atoms with Gasteiger partial charge in [0.15, 0.2) is 5.69 Å². The smallest absolute Gasteiger partial charge is 0.356 e. The van der Waals surface area contributed by atoms with E-state index in [4.69, 9.17) is 0 Å². The van der Waals surface area contributed by atoms with Gasteiger partial charge in [0.25, 0.3) is 0 Å². The molecule has 0 spiro atoms. The number of aromatic carboxylic acids is 1. The Labute approximate surface area is 125 Å². The molecule has 0 aliphatic carbocycles. The standard InChI is InChI=1S/C16H12N2O2S/c1-10-6-5-9-12(17-10)15-18-13(16(19)20)14(21-15)11-7-3-2-4-8-11/h2-9H,1H3,(H,19,20). The topological polar surface area (TPSA) is 63.1 Å². The van der Waals surface area contributed by atoms with E-state index in [-0.39, 0.29) is 5.69 Å². The maximum atomic E-state index is 11.4. The summed E-state index contributed by atoms with van der Waals surface area (Å²) in [6.07, 6.45) is 0. The Morgan fingerprint density at radius 3 is 2.48 bits per heavy atom. The maximum Gasteiger partial charge on any atom is 0.356 e. The number of aryl methyl sites for hydroxylation is 1. The Hall–Kier alpha value is -2.53. The lowest BCUT2D eigenvalue weighted by atomic mass is 10.1. The second-order valence-corrected chi connectivity index (χ2v) is 5.53. The molecule has 0 bridgehead atoms. The summed E-state index contributed by atoms with van der Waals surface area (Å²) >= 11 is 1.35. The second kappa shape index (κ2) is 5.46. The van der Waals surface area contributed by atoms with E-state index >= 15 is 0 Å². The molecule has 0 aliphatic heterocycles. The summed E-state index contributed by atoms with van der Waals surface area (Å²) < 4.78 is 0. The minimum Gasteiger partial charge on any atom is -0.476 e. The molecule has 21 heavy (non-hydrogen) atoms. The van der Waals surface area contributed by atoms with E-state index in [9.17, 15) is 9.90 Å². The normalized spacial score (nSPS) is 10.5. The van der Waals surface area contributed by atoms with Gasteiger partial charge in [0, 0.05) is 5.69 Å². The molecule has 0 unspecified atom stereocenters. The summed E-state index contributed by atoms with van der Waals surface area (Å²) in [5.74, 6) is -1.02. The molecule has 4 nitrogen and oxygen atoms in total. The number of carbonyl (C=O) groups is 1. The first-order valence-electron chi connectivity index (χ1n) is 6.39. The highest BCUT2D eigenvalue weighted by molar-refractivity contribution is 7.18. The van der Waals surface area contributed by atoms with Crippen LogP contribution in [0.1, 0.15) is 16.2 Å². The molecule has 0 atom stereocenters. The number of hydrogen-bond acceptors (Lipinski definition) is 4. The molecule has 3 rings (SSSR count). The fourth-order valence-electron chi connectivity index (χ4n) is 2.02. The van der Waals surface area contributed by atoms with E-state index in [2.05, 4.69) is 9.97 Å². The van der Waals surface area contributed by atoms with Crippen LogP contribution in [-0.4, -0.2) is 21.0 Å². The van der Waals surface area contributed by atoms with E-state index in [0.29, 0.717) is 15.6 Å². The van der Waals surface area contributed by atoms with Crippen molar-refractivity contribution >= 4 is 17.3 Å². The van der Waals surface area contributed by atoms with Gasteiger partial charge >= 0.3 is 5.97 Å². The molecule has 104 valence electrons. The van der Waals surface area contributed by atoms with Crippen LogP contribution in [0.15, 0.2) is 48.5 Å². The summed E-state index contributed by atoms with van der Waals surface area (Å²) in [5.41, 5.74) is 2.50. The van der Waals surface area contributed by atoms with Crippen LogP contribution >= 0.6 is 11.3 Å². The molecule has 0 amide bonds. The lowest BCUT2D eigenvalue weighted by molar-refractivity contribution is 0.0692. The summed E-state index contributed by atoms with van der Waals surface area (Å²) in [6, 6.07) is 15.0. The molecule has 1 N–H and O–H groups in total. The van der Waals surface area contributed by atoms with Crippen molar-refractivity contribution in [3.63, 3.8) is 0 Å². The first-order chi connectivity index (χ1) is 10.1. The van der Waals surface area contributed by atoms with Crippen LogP contribution in [0.4, 0.5) is 0 Å². The minimum atomic E-state index is -1.02. The maximum absolute atomic E-state index is 11.4. The van der Waals surface area contributed by atoms with Gasteiger partial charge in [-0.1, -0.05) is 36.4 Å². The SMILES string of the molecule is Cc1cccc(-c2nc(C(=O)O)c(-c3ccccc3)s2)n1. The van der Waals surface area contributed by atoms with Gasteiger partial charge in [-0.3, -0.25) is 4.98 Å². The van der Waals surface area contributed by atoms with Crippen molar-refractivity contribution in [3.8, 4) is 21.1 Å². The first-order valence-corrected chi connectivity index (χ1v) is 7.20. The Morgan fingerprint density at radius 1 is 1.05 bits per heavy atom. The van der Waals surface area contributed by atoms with Crippen molar-refractivity contribution in [1.82, 2.24) is 9.97 Å². The molecule has 2 heterocycles. The number of thiazole rings is 1. The lowest BCUT2D eigenvalue weighted by Crippen LogP contribution is -1.98. The number of hydrogen-bond donors (Lipinski definition) is 1. The highest BCUT2D eigenvalue weighted by atomic mass is 32.1. The van der Waals surface area contributed by atoms with Gasteiger partial charge in [0.1, 0.15) is 5.01 Å². The number of aromatic nitrogens is 2. The zero-order valence-electron chi connectivity index (χ0n) is 11.3. The van der Waals surface area contributed by atoms with Crippen molar-refractivity contribution < 1.29 is 9.90 Å². The monoisotopic (exact) mass is 296 g/mol. The lowest BCUT2D eigenvalue weighted by Gasteiger charge is -1.97. The van der Waals surface area contributed by atoms with Crippen LogP contribution in [0.2, 0.25) is 0 Å². The molecular formula is C16H12N2O2S. The molecule has 0 radical (unpaired) electrons. The van der Waals surface area contributed by atoms with E-state index in [1.165, 1.54) is 11.3 Å². The third-order valence-corrected chi connectivity index (χ3v) is 4.10. The van der Waals surface area contributed by atoms with Crippen molar-refractivity contribution in [2.75, 3.05) is 0 Å². The largest absolute Gasteiger partial charge is 0.476 e. The highest BCUT2D eigenvalue weighted by Crippen LogP contribution is 2.34. The average molecular weight is 296 g/mol. The van der Waals surface area contributed by atoms with Crippen LogP contribution in [0.5, 0.6) is 0 Å². The van der Waals surface area contributed by atoms with Crippen molar-refractivity contribution in [3.05, 3.63) is 59.9 Å². The van der Waals surface area contributed by atoms with E-state index < -0.39 is 5.97 Å². The van der Waals surface area contributed by atoms with Crippen LogP contribution in [-0.2, 0) is 0 Å². The van der Waals surface area contributed by atoms with E-state index in [0.717, 1.165) is 11.3 Å². The Morgan fingerprint density at radius 2 is 1.81 bits per heavy atom. The minimum absolute atomic E-state index is 0.0736. The fraction of sp³-hybridized carbons (Fsp3) is 0.0625. The van der Waals surface area contributed by atoms with Crippen molar-refractivity contribution in [2.24, 2.45) is 0 Å². The van der Waals surface area contributed by atoms with Crippen LogP contribution in [0, 0.1) is 6.92 Å². The molecule has 0 saturated heterocycles.